The molecule has 0 amide bonds. The number of fused-ring (bicyclic) bond motifs is 6. The number of rotatable bonds is 5. The molecule has 3 aliphatic rings. The van der Waals surface area contributed by atoms with E-state index in [9.17, 15) is 4.79 Å². The van der Waals surface area contributed by atoms with E-state index >= 15 is 0 Å². The molecule has 0 saturated carbocycles. The van der Waals surface area contributed by atoms with Crippen molar-refractivity contribution in [2.45, 2.75) is 65.8 Å². The molecule has 4 aromatic rings. The summed E-state index contributed by atoms with van der Waals surface area (Å²) in [5.41, 5.74) is 7.64. The van der Waals surface area contributed by atoms with Crippen LogP contribution in [0.4, 0.5) is 0 Å². The Labute approximate surface area is 309 Å². The van der Waals surface area contributed by atoms with Gasteiger partial charge in [0.1, 0.15) is 17.3 Å². The number of nitrogens with zero attached hydrogens (tertiary/aromatic N) is 2. The second-order valence-corrected chi connectivity index (χ2v) is 15.4. The van der Waals surface area contributed by atoms with Crippen molar-refractivity contribution in [3.8, 4) is 40.2 Å². The molecule has 0 aliphatic carbocycles. The molecule has 7 rings (SSSR count). The number of likely N-dealkylation sites (N-methyl/N-ethyl adjacent to an activating group) is 2. The lowest BCUT2D eigenvalue weighted by Crippen LogP contribution is -2.33. The first kappa shape index (κ1) is 37.2. The van der Waals surface area contributed by atoms with Crippen LogP contribution in [0.5, 0.6) is 40.2 Å². The van der Waals surface area contributed by atoms with Crippen LogP contribution in [0.15, 0.2) is 60.7 Å². The molecule has 52 heavy (non-hydrogen) atoms. The molecule has 3 aliphatic heterocycles. The van der Waals surface area contributed by atoms with Gasteiger partial charge in [0, 0.05) is 37.5 Å². The minimum Gasteiger partial charge on any atom is -0.493 e. The first-order valence-corrected chi connectivity index (χ1v) is 18.3. The molecule has 8 heteroatoms. The number of methoxy groups -OCH3 is 3. The number of Topliss-reactive ketones (excluding diaryl/α,β-unsaturated/α-hetero) is 1. The molecule has 8 nitrogen and oxygen atoms in total. The monoisotopic (exact) mass is 706 g/mol. The maximum Gasteiger partial charge on any atom is 0.203 e. The molecule has 0 spiro atoms. The Morgan fingerprint density at radius 1 is 0.750 bits per heavy atom. The highest BCUT2D eigenvalue weighted by atomic mass is 16.5. The zero-order valence-electron chi connectivity index (χ0n) is 32.4. The van der Waals surface area contributed by atoms with Gasteiger partial charge in [0.15, 0.2) is 23.0 Å². The number of ether oxygens (including phenoxy) is 5. The van der Waals surface area contributed by atoms with Gasteiger partial charge in [0.2, 0.25) is 5.75 Å². The normalized spacial score (nSPS) is 16.9. The second kappa shape index (κ2) is 15.6. The van der Waals surface area contributed by atoms with Crippen LogP contribution in [-0.4, -0.2) is 70.6 Å². The van der Waals surface area contributed by atoms with E-state index in [2.05, 4.69) is 67.2 Å². The molecule has 276 valence electrons. The Morgan fingerprint density at radius 2 is 1.46 bits per heavy atom. The van der Waals surface area contributed by atoms with Crippen molar-refractivity contribution in [1.82, 2.24) is 9.80 Å². The van der Waals surface area contributed by atoms with Crippen LogP contribution in [0.3, 0.4) is 0 Å². The molecule has 0 radical (unpaired) electrons. The number of hydrogen-bond donors (Lipinski definition) is 0. The van der Waals surface area contributed by atoms with Gasteiger partial charge in [-0.2, -0.15) is 0 Å². The highest BCUT2D eigenvalue weighted by Crippen LogP contribution is 2.44. The first-order chi connectivity index (χ1) is 24.9. The van der Waals surface area contributed by atoms with E-state index in [0.29, 0.717) is 35.2 Å². The fourth-order valence-electron chi connectivity index (χ4n) is 7.18. The number of carbonyl (C=O) groups is 1. The fourth-order valence-corrected chi connectivity index (χ4v) is 7.18. The van der Waals surface area contributed by atoms with Crippen molar-refractivity contribution in [2.24, 2.45) is 5.41 Å². The SMILES string of the molecule is COc1cc(CC(=O)C(C)(C)C)c2cc1Oc1ccc(cc1)C[C@H]1c3cc(c(C)cc3CCN1C)Oc1cc(cc(OC)c1OC)CCN(C)CC2. The minimum absolute atomic E-state index is 0.181. The third kappa shape index (κ3) is 8.24. The lowest BCUT2D eigenvalue weighted by molar-refractivity contribution is -0.125. The van der Waals surface area contributed by atoms with Crippen LogP contribution in [0.2, 0.25) is 0 Å². The van der Waals surface area contributed by atoms with Crippen LogP contribution >= 0.6 is 0 Å². The third-order valence-electron chi connectivity index (χ3n) is 10.6. The Balaban J connectivity index is 1.43. The number of carbonyl (C=O) groups excluding carboxylic acids is 1. The van der Waals surface area contributed by atoms with Gasteiger partial charge in [-0.3, -0.25) is 9.69 Å². The van der Waals surface area contributed by atoms with Crippen LogP contribution in [0, 0.1) is 12.3 Å². The highest BCUT2D eigenvalue weighted by Gasteiger charge is 2.28. The second-order valence-electron chi connectivity index (χ2n) is 15.4. The lowest BCUT2D eigenvalue weighted by Gasteiger charge is -2.35. The molecule has 0 saturated heterocycles. The molecule has 3 heterocycles. The van der Waals surface area contributed by atoms with Gasteiger partial charge in [-0.1, -0.05) is 39.0 Å². The molecule has 0 unspecified atom stereocenters. The van der Waals surface area contributed by atoms with Crippen LogP contribution < -0.4 is 23.7 Å². The number of hydrogen-bond acceptors (Lipinski definition) is 8. The van der Waals surface area contributed by atoms with Gasteiger partial charge in [-0.25, -0.2) is 0 Å². The van der Waals surface area contributed by atoms with E-state index < -0.39 is 5.41 Å². The standard InChI is InChI=1S/C44H54N2O6/c1-28-20-32-16-19-46(6)36-21-29-10-12-34(13-11-29)51-39-24-31(33(25-38(39)48-7)26-42(47)44(2,3)4)15-18-45(5)17-14-30-22-40(49-8)43(50-9)41(23-30)52-37(28)27-35(32)36/h10-13,20,22-25,27,36H,14-19,21,26H2,1-9H3/t36-/m0/s1. The molecule has 0 fully saturated rings. The van der Waals surface area contributed by atoms with Gasteiger partial charge in [-0.15, -0.1) is 0 Å². The zero-order valence-corrected chi connectivity index (χ0v) is 32.4. The Morgan fingerprint density at radius 3 is 2.15 bits per heavy atom. The van der Waals surface area contributed by atoms with Gasteiger partial charge in [-0.05, 0) is 128 Å². The predicted octanol–water partition coefficient (Wildman–Crippen LogP) is 8.57. The number of benzene rings is 4. The van der Waals surface area contributed by atoms with Crippen molar-refractivity contribution >= 4 is 5.78 Å². The average Bonchev–Trinajstić information content (AvgIpc) is 3.11. The predicted molar refractivity (Wildman–Crippen MR) is 206 cm³/mol. The van der Waals surface area contributed by atoms with E-state index in [1.165, 1.54) is 16.7 Å². The van der Waals surface area contributed by atoms with Crippen LogP contribution in [-0.2, 0) is 36.9 Å². The molecule has 8 bridgehead atoms. The van der Waals surface area contributed by atoms with Crippen molar-refractivity contribution in [1.29, 1.82) is 0 Å². The third-order valence-corrected chi connectivity index (χ3v) is 10.6. The summed E-state index contributed by atoms with van der Waals surface area (Å²) >= 11 is 0. The Bertz CT molecular complexity index is 1910. The summed E-state index contributed by atoms with van der Waals surface area (Å²) < 4.78 is 30.8. The van der Waals surface area contributed by atoms with Crippen LogP contribution in [0.1, 0.15) is 65.8 Å². The summed E-state index contributed by atoms with van der Waals surface area (Å²) in [7, 11) is 9.30. The van der Waals surface area contributed by atoms with Gasteiger partial charge in [0.05, 0.1) is 21.3 Å². The molecule has 4 aromatic carbocycles. The van der Waals surface area contributed by atoms with Crippen LogP contribution in [0.25, 0.3) is 0 Å². The maximum absolute atomic E-state index is 13.3. The van der Waals surface area contributed by atoms with Crippen molar-refractivity contribution in [2.75, 3.05) is 55.1 Å². The van der Waals surface area contributed by atoms with E-state index in [4.69, 9.17) is 23.7 Å². The van der Waals surface area contributed by atoms with Crippen molar-refractivity contribution in [3.63, 3.8) is 0 Å². The summed E-state index contributed by atoms with van der Waals surface area (Å²) in [4.78, 5) is 18.0. The van der Waals surface area contributed by atoms with E-state index in [0.717, 1.165) is 79.1 Å². The molecular formula is C44H54N2O6. The lowest BCUT2D eigenvalue weighted by atomic mass is 9.85. The highest BCUT2D eigenvalue weighted by molar-refractivity contribution is 5.86. The minimum atomic E-state index is -0.449. The van der Waals surface area contributed by atoms with E-state index in [-0.39, 0.29) is 11.8 Å². The Hall–Kier alpha value is -4.53. The van der Waals surface area contributed by atoms with Gasteiger partial charge in [0.25, 0.3) is 0 Å². The van der Waals surface area contributed by atoms with E-state index in [1.54, 1.807) is 21.3 Å². The molecular weight excluding hydrogens is 652 g/mol. The van der Waals surface area contributed by atoms with Gasteiger partial charge < -0.3 is 28.6 Å². The number of ketones is 1. The topological polar surface area (TPSA) is 69.7 Å². The summed E-state index contributed by atoms with van der Waals surface area (Å²) in [6.07, 6.45) is 3.70. The van der Waals surface area contributed by atoms with E-state index in [1.807, 2.05) is 45.0 Å². The quantitative estimate of drug-likeness (QED) is 0.205. The van der Waals surface area contributed by atoms with Gasteiger partial charge >= 0.3 is 0 Å². The van der Waals surface area contributed by atoms with Crippen molar-refractivity contribution < 1.29 is 28.5 Å². The summed E-state index contributed by atoms with van der Waals surface area (Å²) in [5.74, 6) is 4.85. The summed E-state index contributed by atoms with van der Waals surface area (Å²) in [5, 5.41) is 0. The number of aryl methyl sites for hydroxylation is 1. The smallest absolute Gasteiger partial charge is 0.203 e. The zero-order chi connectivity index (χ0) is 37.2. The summed E-state index contributed by atoms with van der Waals surface area (Å²) in [6.45, 7) is 10.6. The molecule has 0 N–H and O–H groups in total. The average molecular weight is 707 g/mol. The fraction of sp³-hybridized carbons (Fsp3) is 0.432. The van der Waals surface area contributed by atoms with Crippen molar-refractivity contribution in [3.05, 3.63) is 99.6 Å². The summed E-state index contributed by atoms with van der Waals surface area (Å²) in [6, 6.07) is 21.2. The maximum atomic E-state index is 13.3. The largest absolute Gasteiger partial charge is 0.493 e. The first-order valence-electron chi connectivity index (χ1n) is 18.3. The molecule has 1 atom stereocenters. The molecule has 0 aromatic heterocycles. The Kier molecular flexibility index (Phi) is 11.2.